The average Bonchev–Trinajstić information content (AvgIpc) is 2.73. The molecular weight excluding hydrogens is 294 g/mol. The Kier molecular flexibility index (Phi) is 5.81. The SMILES string of the molecule is C=C(CCOS(C)(=O)=O)C1CCCN1C(=O)OC(C)(C)C. The van der Waals surface area contributed by atoms with E-state index in [1.54, 1.807) is 4.90 Å². The summed E-state index contributed by atoms with van der Waals surface area (Å²) in [5.41, 5.74) is 0.257. The topological polar surface area (TPSA) is 72.9 Å². The van der Waals surface area contributed by atoms with Gasteiger partial charge in [-0.25, -0.2) is 4.79 Å². The first-order valence-corrected chi connectivity index (χ1v) is 8.83. The van der Waals surface area contributed by atoms with E-state index >= 15 is 0 Å². The van der Waals surface area contributed by atoms with Crippen LogP contribution in [0.2, 0.25) is 0 Å². The van der Waals surface area contributed by atoms with Gasteiger partial charge in [0.2, 0.25) is 0 Å². The third kappa shape index (κ3) is 6.48. The average molecular weight is 319 g/mol. The number of hydrogen-bond donors (Lipinski definition) is 0. The Morgan fingerprint density at radius 3 is 2.52 bits per heavy atom. The van der Waals surface area contributed by atoms with Gasteiger partial charge in [0.1, 0.15) is 5.60 Å². The summed E-state index contributed by atoms with van der Waals surface area (Å²) in [7, 11) is -3.44. The van der Waals surface area contributed by atoms with Gasteiger partial charge in [-0.05, 0) is 40.0 Å². The van der Waals surface area contributed by atoms with Crippen molar-refractivity contribution in [2.45, 2.75) is 51.7 Å². The molecule has 1 fully saturated rings. The molecule has 0 radical (unpaired) electrons. The molecule has 0 N–H and O–H groups in total. The van der Waals surface area contributed by atoms with E-state index in [-0.39, 0.29) is 18.7 Å². The predicted molar refractivity (Wildman–Crippen MR) is 80.5 cm³/mol. The number of carbonyl (C=O) groups excluding carboxylic acids is 1. The number of hydrogen-bond acceptors (Lipinski definition) is 5. The molecule has 1 heterocycles. The Morgan fingerprint density at radius 2 is 2.00 bits per heavy atom. The molecule has 1 rings (SSSR count). The number of carbonyl (C=O) groups is 1. The molecule has 1 unspecified atom stereocenters. The smallest absolute Gasteiger partial charge is 0.410 e. The maximum absolute atomic E-state index is 12.1. The van der Waals surface area contributed by atoms with Crippen LogP contribution in [0.1, 0.15) is 40.0 Å². The maximum atomic E-state index is 12.1. The molecule has 0 aromatic heterocycles. The largest absolute Gasteiger partial charge is 0.444 e. The third-order valence-electron chi connectivity index (χ3n) is 3.07. The standard InChI is InChI=1S/C14H25NO5S/c1-11(8-10-19-21(5,17)18)12-7-6-9-15(12)13(16)20-14(2,3)4/h12H,1,6-10H2,2-5H3. The Labute approximate surface area is 127 Å². The number of ether oxygens (including phenoxy) is 1. The van der Waals surface area contributed by atoms with Crippen molar-refractivity contribution in [3.8, 4) is 0 Å². The van der Waals surface area contributed by atoms with Crippen LogP contribution >= 0.6 is 0 Å². The first kappa shape index (κ1) is 18.0. The van der Waals surface area contributed by atoms with E-state index in [4.69, 9.17) is 8.92 Å². The summed E-state index contributed by atoms with van der Waals surface area (Å²) in [4.78, 5) is 13.8. The summed E-state index contributed by atoms with van der Waals surface area (Å²) in [6, 6.07) is -0.108. The van der Waals surface area contributed by atoms with Crippen LogP contribution in [-0.4, -0.2) is 50.5 Å². The van der Waals surface area contributed by atoms with Gasteiger partial charge in [-0.3, -0.25) is 4.18 Å². The third-order valence-corrected chi connectivity index (χ3v) is 3.67. The first-order valence-electron chi connectivity index (χ1n) is 7.01. The van der Waals surface area contributed by atoms with Crippen molar-refractivity contribution in [1.82, 2.24) is 4.90 Å². The molecule has 122 valence electrons. The highest BCUT2D eigenvalue weighted by atomic mass is 32.2. The lowest BCUT2D eigenvalue weighted by molar-refractivity contribution is 0.0246. The van der Waals surface area contributed by atoms with E-state index < -0.39 is 15.7 Å². The Balaban J connectivity index is 2.56. The van der Waals surface area contributed by atoms with E-state index in [0.29, 0.717) is 13.0 Å². The van der Waals surface area contributed by atoms with Crippen LogP contribution in [0, 0.1) is 0 Å². The molecular formula is C14H25NO5S. The van der Waals surface area contributed by atoms with E-state index in [2.05, 4.69) is 6.58 Å². The molecule has 0 spiro atoms. The molecule has 1 aliphatic rings. The van der Waals surface area contributed by atoms with Gasteiger partial charge in [0.15, 0.2) is 0 Å². The molecule has 0 aromatic carbocycles. The molecule has 1 saturated heterocycles. The van der Waals surface area contributed by atoms with Gasteiger partial charge in [-0.15, -0.1) is 0 Å². The lowest BCUT2D eigenvalue weighted by Gasteiger charge is -2.29. The van der Waals surface area contributed by atoms with Crippen LogP contribution in [0.15, 0.2) is 12.2 Å². The van der Waals surface area contributed by atoms with Crippen molar-refractivity contribution >= 4 is 16.2 Å². The Bertz CT molecular complexity index is 492. The maximum Gasteiger partial charge on any atom is 0.410 e. The van der Waals surface area contributed by atoms with Gasteiger partial charge in [0, 0.05) is 6.54 Å². The predicted octanol–water partition coefficient (Wildman–Crippen LogP) is 2.31. The quantitative estimate of drug-likeness (QED) is 0.574. The monoisotopic (exact) mass is 319 g/mol. The van der Waals surface area contributed by atoms with Gasteiger partial charge < -0.3 is 9.64 Å². The van der Waals surface area contributed by atoms with Gasteiger partial charge in [-0.2, -0.15) is 8.42 Å². The summed E-state index contributed by atoms with van der Waals surface area (Å²) < 4.78 is 31.9. The Hall–Kier alpha value is -1.08. The molecule has 6 nitrogen and oxygen atoms in total. The number of likely N-dealkylation sites (tertiary alicyclic amines) is 1. The van der Waals surface area contributed by atoms with Crippen LogP contribution < -0.4 is 0 Å². The van der Waals surface area contributed by atoms with Gasteiger partial charge in [0.25, 0.3) is 10.1 Å². The lowest BCUT2D eigenvalue weighted by Crippen LogP contribution is -2.40. The van der Waals surface area contributed by atoms with E-state index in [9.17, 15) is 13.2 Å². The van der Waals surface area contributed by atoms with Crippen molar-refractivity contribution in [1.29, 1.82) is 0 Å². The van der Waals surface area contributed by atoms with Gasteiger partial charge in [-0.1, -0.05) is 12.2 Å². The second-order valence-corrected chi connectivity index (χ2v) is 7.91. The highest BCUT2D eigenvalue weighted by molar-refractivity contribution is 7.85. The van der Waals surface area contributed by atoms with E-state index in [1.165, 1.54) is 0 Å². The highest BCUT2D eigenvalue weighted by Crippen LogP contribution is 2.26. The fourth-order valence-corrected chi connectivity index (χ4v) is 2.61. The zero-order chi connectivity index (χ0) is 16.3. The van der Waals surface area contributed by atoms with Crippen LogP contribution in [0.5, 0.6) is 0 Å². The van der Waals surface area contributed by atoms with Crippen LogP contribution in [0.3, 0.4) is 0 Å². The summed E-state index contributed by atoms with van der Waals surface area (Å²) in [6.45, 7) is 10.1. The minimum absolute atomic E-state index is 0.0519. The zero-order valence-corrected chi connectivity index (χ0v) is 14.0. The molecule has 1 aliphatic heterocycles. The summed E-state index contributed by atoms with van der Waals surface area (Å²) in [5.74, 6) is 0. The fourth-order valence-electron chi connectivity index (χ4n) is 2.22. The van der Waals surface area contributed by atoms with Crippen molar-refractivity contribution in [2.75, 3.05) is 19.4 Å². The Morgan fingerprint density at radius 1 is 1.38 bits per heavy atom. The number of nitrogens with zero attached hydrogens (tertiary/aromatic N) is 1. The molecule has 0 aromatic rings. The van der Waals surface area contributed by atoms with Crippen LogP contribution in [0.25, 0.3) is 0 Å². The molecule has 0 aliphatic carbocycles. The molecule has 1 atom stereocenters. The number of rotatable bonds is 5. The first-order chi connectivity index (χ1) is 9.49. The second-order valence-electron chi connectivity index (χ2n) is 6.27. The zero-order valence-electron chi connectivity index (χ0n) is 13.2. The molecule has 7 heteroatoms. The van der Waals surface area contributed by atoms with Crippen molar-refractivity contribution < 1.29 is 22.1 Å². The second kappa shape index (κ2) is 6.79. The fraction of sp³-hybridized carbons (Fsp3) is 0.786. The minimum Gasteiger partial charge on any atom is -0.444 e. The summed E-state index contributed by atoms with van der Waals surface area (Å²) >= 11 is 0. The van der Waals surface area contributed by atoms with Gasteiger partial charge in [0.05, 0.1) is 18.9 Å². The van der Waals surface area contributed by atoms with E-state index in [0.717, 1.165) is 24.7 Å². The summed E-state index contributed by atoms with van der Waals surface area (Å²) in [6.07, 6.45) is 2.76. The lowest BCUT2D eigenvalue weighted by atomic mass is 10.0. The van der Waals surface area contributed by atoms with Crippen LogP contribution in [-0.2, 0) is 19.0 Å². The summed E-state index contributed by atoms with van der Waals surface area (Å²) in [5, 5.41) is 0. The normalized spacial score (nSPS) is 19.6. The van der Waals surface area contributed by atoms with Crippen molar-refractivity contribution in [2.24, 2.45) is 0 Å². The van der Waals surface area contributed by atoms with Crippen molar-refractivity contribution in [3.05, 3.63) is 12.2 Å². The number of amides is 1. The van der Waals surface area contributed by atoms with Crippen LogP contribution in [0.4, 0.5) is 4.79 Å². The molecule has 1 amide bonds. The molecule has 0 bridgehead atoms. The minimum atomic E-state index is -3.44. The van der Waals surface area contributed by atoms with E-state index in [1.807, 2.05) is 20.8 Å². The van der Waals surface area contributed by atoms with Crippen molar-refractivity contribution in [3.63, 3.8) is 0 Å². The van der Waals surface area contributed by atoms with Gasteiger partial charge >= 0.3 is 6.09 Å². The molecule has 21 heavy (non-hydrogen) atoms. The molecule has 0 saturated carbocycles. The highest BCUT2D eigenvalue weighted by Gasteiger charge is 2.33.